The van der Waals surface area contributed by atoms with Crippen molar-refractivity contribution < 1.29 is 43.6 Å². The maximum atomic E-state index is 13.9. The van der Waals surface area contributed by atoms with E-state index < -0.39 is 46.5 Å². The van der Waals surface area contributed by atoms with E-state index in [1.807, 2.05) is 13.0 Å². The molecule has 0 aliphatic heterocycles. The molecule has 0 aromatic heterocycles. The van der Waals surface area contributed by atoms with Crippen molar-refractivity contribution in [2.24, 2.45) is 27.1 Å². The Morgan fingerprint density at radius 2 is 1.28 bits per heavy atom. The van der Waals surface area contributed by atoms with Gasteiger partial charge in [-0.3, -0.25) is 9.00 Å². The van der Waals surface area contributed by atoms with E-state index in [4.69, 9.17) is 19.3 Å². The molecule has 6 atom stereocenters. The SMILES string of the molecule is CC(C)(C)CC(c1ccccc1)C(C)(C)C(C)(C)CC(C)(C(=O)OCC(O)COCCOCC(O)CS(=O)CC(O)CO)C(C)(C)C. The van der Waals surface area contributed by atoms with Crippen LogP contribution in [0.5, 0.6) is 0 Å². The van der Waals surface area contributed by atoms with E-state index in [9.17, 15) is 24.3 Å². The summed E-state index contributed by atoms with van der Waals surface area (Å²) < 4.78 is 28.4. The molecule has 0 spiro atoms. The number of esters is 1. The summed E-state index contributed by atoms with van der Waals surface area (Å²) in [4.78, 5) is 13.9. The number of rotatable bonds is 21. The molecule has 0 radical (unpaired) electrons. The van der Waals surface area contributed by atoms with Gasteiger partial charge in [0.2, 0.25) is 0 Å². The second-order valence-electron chi connectivity index (χ2n) is 16.8. The van der Waals surface area contributed by atoms with Crippen LogP contribution in [0, 0.1) is 27.1 Å². The van der Waals surface area contributed by atoms with Crippen molar-refractivity contribution in [1.29, 1.82) is 0 Å². The van der Waals surface area contributed by atoms with Crippen LogP contribution in [-0.2, 0) is 29.8 Å². The molecule has 10 heteroatoms. The van der Waals surface area contributed by atoms with Gasteiger partial charge in [-0.15, -0.1) is 0 Å². The number of aliphatic hydroxyl groups excluding tert-OH is 4. The lowest BCUT2D eigenvalue weighted by atomic mass is 9.50. The molecule has 274 valence electrons. The summed E-state index contributed by atoms with van der Waals surface area (Å²) in [6.45, 7) is 23.6. The largest absolute Gasteiger partial charge is 0.462 e. The standard InChI is InChI=1S/C37H66O9S/c1-33(2,3)19-31(27-15-13-12-14-16-27)36(9,10)35(7,8)26-37(11,34(4,5)6)32(42)46-23-29(40)21-44-17-18-45-22-30(41)25-47(43)24-28(39)20-38/h12-16,28-31,38-41H,17-26H2,1-11H3. The molecule has 0 saturated heterocycles. The number of ether oxygens (including phenoxy) is 3. The maximum absolute atomic E-state index is 13.9. The zero-order chi connectivity index (χ0) is 36.3. The van der Waals surface area contributed by atoms with Crippen LogP contribution in [0.2, 0.25) is 0 Å². The Morgan fingerprint density at radius 1 is 0.766 bits per heavy atom. The van der Waals surface area contributed by atoms with Crippen LogP contribution in [0.4, 0.5) is 0 Å². The smallest absolute Gasteiger partial charge is 0.312 e. The molecular formula is C37H66O9S. The van der Waals surface area contributed by atoms with Crippen LogP contribution in [0.25, 0.3) is 0 Å². The van der Waals surface area contributed by atoms with Gasteiger partial charge in [-0.1, -0.05) is 99.6 Å². The summed E-state index contributed by atoms with van der Waals surface area (Å²) in [5.74, 6) is -0.272. The molecule has 1 aromatic carbocycles. The molecule has 0 heterocycles. The monoisotopic (exact) mass is 686 g/mol. The molecule has 1 aromatic rings. The van der Waals surface area contributed by atoms with Crippen molar-refractivity contribution in [3.8, 4) is 0 Å². The number of hydrogen-bond acceptors (Lipinski definition) is 9. The summed E-state index contributed by atoms with van der Waals surface area (Å²) in [6.07, 6.45) is -1.50. The third-order valence-corrected chi connectivity index (χ3v) is 11.4. The molecule has 0 fully saturated rings. The minimum Gasteiger partial charge on any atom is -0.462 e. The minimum absolute atomic E-state index is 0.0570. The maximum Gasteiger partial charge on any atom is 0.312 e. The van der Waals surface area contributed by atoms with Crippen LogP contribution in [0.15, 0.2) is 30.3 Å². The third-order valence-electron chi connectivity index (χ3n) is 9.90. The molecule has 0 aliphatic rings. The summed E-state index contributed by atoms with van der Waals surface area (Å²) >= 11 is 0. The number of benzene rings is 1. The Balaban J connectivity index is 2.79. The van der Waals surface area contributed by atoms with E-state index in [-0.39, 0.29) is 72.7 Å². The van der Waals surface area contributed by atoms with Crippen LogP contribution in [0.1, 0.15) is 100 Å². The van der Waals surface area contributed by atoms with Crippen LogP contribution in [-0.4, -0.2) is 100 Å². The molecule has 1 rings (SSSR count). The first kappa shape index (κ1) is 43.6. The lowest BCUT2D eigenvalue weighted by molar-refractivity contribution is -0.171. The molecule has 0 amide bonds. The zero-order valence-corrected chi connectivity index (χ0v) is 31.8. The topological polar surface area (TPSA) is 143 Å². The average molecular weight is 687 g/mol. The number of carbonyl (C=O) groups excluding carboxylic acids is 1. The fourth-order valence-electron chi connectivity index (χ4n) is 5.85. The Kier molecular flexibility index (Phi) is 17.2. The lowest BCUT2D eigenvalue weighted by Crippen LogP contribution is -2.49. The van der Waals surface area contributed by atoms with Gasteiger partial charge in [0.1, 0.15) is 12.7 Å². The highest BCUT2D eigenvalue weighted by Gasteiger charge is 2.54. The first-order valence-corrected chi connectivity index (χ1v) is 18.3. The van der Waals surface area contributed by atoms with Crippen LogP contribution < -0.4 is 0 Å². The van der Waals surface area contributed by atoms with Gasteiger partial charge in [-0.2, -0.15) is 0 Å². The highest BCUT2D eigenvalue weighted by Crippen LogP contribution is 2.59. The minimum atomic E-state index is -1.48. The van der Waals surface area contributed by atoms with Crippen molar-refractivity contribution in [2.75, 3.05) is 51.1 Å². The number of aliphatic hydroxyl groups is 4. The van der Waals surface area contributed by atoms with E-state index in [1.54, 1.807) is 0 Å². The Labute approximate surface area is 287 Å². The number of hydrogen-bond donors (Lipinski definition) is 4. The van der Waals surface area contributed by atoms with Crippen molar-refractivity contribution >= 4 is 16.8 Å². The zero-order valence-electron chi connectivity index (χ0n) is 31.0. The summed E-state index contributed by atoms with van der Waals surface area (Å²) in [7, 11) is -1.48. The van der Waals surface area contributed by atoms with Gasteiger partial charge in [0.25, 0.3) is 0 Å². The second-order valence-corrected chi connectivity index (χ2v) is 18.3. The number of carbonyl (C=O) groups is 1. The summed E-state index contributed by atoms with van der Waals surface area (Å²) in [5, 5.41) is 38.6. The molecule has 47 heavy (non-hydrogen) atoms. The predicted octanol–water partition coefficient (Wildman–Crippen LogP) is 5.10. The van der Waals surface area contributed by atoms with Gasteiger partial charge in [-0.05, 0) is 52.9 Å². The van der Waals surface area contributed by atoms with Gasteiger partial charge in [0, 0.05) is 10.8 Å². The molecule has 0 aliphatic carbocycles. The first-order valence-electron chi connectivity index (χ1n) is 16.8. The molecule has 0 bridgehead atoms. The molecule has 9 nitrogen and oxygen atoms in total. The second kappa shape index (κ2) is 18.6. The highest BCUT2D eigenvalue weighted by molar-refractivity contribution is 7.85. The molecule has 6 unspecified atom stereocenters. The van der Waals surface area contributed by atoms with E-state index in [2.05, 4.69) is 93.5 Å². The van der Waals surface area contributed by atoms with Gasteiger partial charge in [0.05, 0.1) is 62.2 Å². The van der Waals surface area contributed by atoms with Gasteiger partial charge >= 0.3 is 5.97 Å². The van der Waals surface area contributed by atoms with Crippen LogP contribution >= 0.6 is 0 Å². The Hall–Kier alpha value is -1.40. The lowest BCUT2D eigenvalue weighted by Gasteiger charge is -2.53. The Bertz CT molecular complexity index is 1080. The molecule has 4 N–H and O–H groups in total. The normalized spacial score (nSPS) is 17.8. The van der Waals surface area contributed by atoms with Crippen molar-refractivity contribution in [3.63, 3.8) is 0 Å². The van der Waals surface area contributed by atoms with Crippen molar-refractivity contribution in [2.45, 2.75) is 113 Å². The average Bonchev–Trinajstić information content (AvgIpc) is 2.95. The fraction of sp³-hybridized carbons (Fsp3) is 0.811. The Morgan fingerprint density at radius 3 is 1.77 bits per heavy atom. The van der Waals surface area contributed by atoms with E-state index >= 15 is 0 Å². The van der Waals surface area contributed by atoms with Gasteiger partial charge in [-0.25, -0.2) is 0 Å². The van der Waals surface area contributed by atoms with E-state index in [0.717, 1.165) is 6.42 Å². The summed E-state index contributed by atoms with van der Waals surface area (Å²) in [6, 6.07) is 10.7. The van der Waals surface area contributed by atoms with Gasteiger partial charge in [0.15, 0.2) is 0 Å². The van der Waals surface area contributed by atoms with E-state index in [1.165, 1.54) is 5.56 Å². The van der Waals surface area contributed by atoms with Gasteiger partial charge < -0.3 is 34.6 Å². The summed E-state index contributed by atoms with van der Waals surface area (Å²) in [5.41, 5.74) is -0.301. The highest BCUT2D eigenvalue weighted by atomic mass is 32.2. The van der Waals surface area contributed by atoms with Crippen LogP contribution in [0.3, 0.4) is 0 Å². The van der Waals surface area contributed by atoms with Crippen molar-refractivity contribution in [1.82, 2.24) is 0 Å². The first-order chi connectivity index (χ1) is 21.5. The third kappa shape index (κ3) is 14.2. The fourth-order valence-corrected chi connectivity index (χ4v) is 7.04. The quantitative estimate of drug-likeness (QED) is 0.103. The molecule has 0 saturated carbocycles. The van der Waals surface area contributed by atoms with E-state index in [0.29, 0.717) is 6.42 Å². The van der Waals surface area contributed by atoms with Crippen molar-refractivity contribution in [3.05, 3.63) is 35.9 Å². The predicted molar refractivity (Wildman–Crippen MR) is 189 cm³/mol. The molecular weight excluding hydrogens is 620 g/mol.